The summed E-state index contributed by atoms with van der Waals surface area (Å²) >= 11 is 0. The van der Waals surface area contributed by atoms with E-state index in [1.165, 1.54) is 18.7 Å². The molecule has 1 saturated heterocycles. The average Bonchev–Trinajstić information content (AvgIpc) is 2.46. The molecule has 112 valence electrons. The van der Waals surface area contributed by atoms with E-state index in [2.05, 4.69) is 14.6 Å². The van der Waals surface area contributed by atoms with Crippen LogP contribution in [-0.2, 0) is 16.6 Å². The summed E-state index contributed by atoms with van der Waals surface area (Å²) in [5, 5.41) is 8.92. The summed E-state index contributed by atoms with van der Waals surface area (Å²) < 4.78 is 26.9. The maximum Gasteiger partial charge on any atom is 0.258 e. The van der Waals surface area contributed by atoms with Gasteiger partial charge in [-0.05, 0) is 38.1 Å². The Morgan fingerprint density at radius 2 is 2.25 bits per heavy atom. The Kier molecular flexibility index (Phi) is 5.09. The molecule has 0 aromatic carbocycles. The van der Waals surface area contributed by atoms with Crippen molar-refractivity contribution in [3.05, 3.63) is 23.9 Å². The molecule has 6 nitrogen and oxygen atoms in total. The van der Waals surface area contributed by atoms with E-state index in [4.69, 9.17) is 5.11 Å². The molecule has 2 heterocycles. The number of piperidine rings is 1. The van der Waals surface area contributed by atoms with Crippen molar-refractivity contribution in [2.75, 3.05) is 20.1 Å². The van der Waals surface area contributed by atoms with Crippen LogP contribution in [0.3, 0.4) is 0 Å². The first kappa shape index (κ1) is 15.4. The van der Waals surface area contributed by atoms with Crippen molar-refractivity contribution in [3.8, 4) is 0 Å². The molecule has 20 heavy (non-hydrogen) atoms. The highest BCUT2D eigenvalue weighted by molar-refractivity contribution is 7.89. The smallest absolute Gasteiger partial charge is 0.258 e. The summed E-state index contributed by atoms with van der Waals surface area (Å²) in [6.45, 7) is 1.27. The number of likely N-dealkylation sites (N-methyl/N-ethyl adjacent to an activating group) is 1. The van der Waals surface area contributed by atoms with Crippen molar-refractivity contribution >= 4 is 10.0 Å². The molecule has 0 radical (unpaired) electrons. The Hall–Kier alpha value is -1.02. The van der Waals surface area contributed by atoms with Crippen LogP contribution in [0.15, 0.2) is 23.4 Å². The predicted octanol–water partition coefficient (Wildman–Crippen LogP) is 0.336. The lowest BCUT2D eigenvalue weighted by Crippen LogP contribution is -2.44. The summed E-state index contributed by atoms with van der Waals surface area (Å²) in [5.41, 5.74) is 0.593. The van der Waals surface area contributed by atoms with Gasteiger partial charge in [0, 0.05) is 18.8 Å². The number of nitrogens with one attached hydrogen (secondary N) is 1. The predicted molar refractivity (Wildman–Crippen MR) is 75.6 cm³/mol. The van der Waals surface area contributed by atoms with Crippen molar-refractivity contribution in [1.82, 2.24) is 14.6 Å². The number of sulfonamides is 1. The Labute approximate surface area is 119 Å². The Bertz CT molecular complexity index is 530. The van der Waals surface area contributed by atoms with Crippen LogP contribution >= 0.6 is 0 Å². The van der Waals surface area contributed by atoms with Crippen LogP contribution < -0.4 is 4.72 Å². The molecule has 0 amide bonds. The zero-order valence-corrected chi connectivity index (χ0v) is 12.4. The summed E-state index contributed by atoms with van der Waals surface area (Å²) in [4.78, 5) is 6.07. The number of rotatable bonds is 5. The Morgan fingerprint density at radius 3 is 2.85 bits per heavy atom. The highest BCUT2D eigenvalue weighted by Crippen LogP contribution is 2.15. The van der Waals surface area contributed by atoms with Crippen molar-refractivity contribution in [1.29, 1.82) is 0 Å². The van der Waals surface area contributed by atoms with E-state index in [9.17, 15) is 8.42 Å². The molecule has 1 aliphatic rings. The molecule has 1 aromatic rings. The molecule has 0 aliphatic carbocycles. The molecule has 7 heteroatoms. The van der Waals surface area contributed by atoms with Gasteiger partial charge in [0.1, 0.15) is 0 Å². The van der Waals surface area contributed by atoms with E-state index in [1.807, 2.05) is 7.05 Å². The third-order valence-corrected chi connectivity index (χ3v) is 5.02. The van der Waals surface area contributed by atoms with Gasteiger partial charge in [-0.3, -0.25) is 0 Å². The molecule has 0 bridgehead atoms. The van der Waals surface area contributed by atoms with E-state index < -0.39 is 10.0 Å². The van der Waals surface area contributed by atoms with E-state index >= 15 is 0 Å². The van der Waals surface area contributed by atoms with Crippen molar-refractivity contribution in [2.24, 2.45) is 0 Å². The second-order valence-corrected chi connectivity index (χ2v) is 6.86. The summed E-state index contributed by atoms with van der Waals surface area (Å²) in [6.07, 6.45) is 4.70. The molecule has 1 aromatic heterocycles. The third kappa shape index (κ3) is 3.76. The van der Waals surface area contributed by atoms with E-state index in [1.54, 1.807) is 6.07 Å². The lowest BCUT2D eigenvalue weighted by Gasteiger charge is -2.32. The first-order valence-corrected chi connectivity index (χ1v) is 8.27. The molecule has 2 N–H and O–H groups in total. The van der Waals surface area contributed by atoms with Gasteiger partial charge in [0.15, 0.2) is 5.03 Å². The van der Waals surface area contributed by atoms with Gasteiger partial charge in [-0.1, -0.05) is 12.5 Å². The number of aromatic nitrogens is 1. The molecule has 1 unspecified atom stereocenters. The maximum atomic E-state index is 12.1. The molecule has 0 saturated carbocycles. The topological polar surface area (TPSA) is 82.5 Å². The Morgan fingerprint density at radius 1 is 1.45 bits per heavy atom. The van der Waals surface area contributed by atoms with Gasteiger partial charge in [0.2, 0.25) is 0 Å². The highest BCUT2D eigenvalue weighted by Gasteiger charge is 2.22. The molecule has 2 rings (SSSR count). The third-order valence-electron chi connectivity index (χ3n) is 3.69. The second-order valence-electron chi connectivity index (χ2n) is 5.14. The van der Waals surface area contributed by atoms with Crippen LogP contribution in [-0.4, -0.2) is 49.6 Å². The molecule has 1 aliphatic heterocycles. The lowest BCUT2D eigenvalue weighted by molar-refractivity contribution is 0.187. The van der Waals surface area contributed by atoms with E-state index in [0.717, 1.165) is 19.4 Å². The van der Waals surface area contributed by atoms with Crippen LogP contribution in [0.1, 0.15) is 24.8 Å². The van der Waals surface area contributed by atoms with E-state index in [-0.39, 0.29) is 17.7 Å². The normalized spacial score (nSPS) is 21.0. The number of hydrogen-bond acceptors (Lipinski definition) is 5. The standard InChI is InChI=1S/C13H21N3O3S/c1-16-7-3-2-4-12(16)9-15-20(18,19)13-6-5-11(10-17)8-14-13/h5-6,8,12,15,17H,2-4,7,9-10H2,1H3. The maximum absolute atomic E-state index is 12.1. The number of pyridine rings is 1. The molecule has 1 atom stereocenters. The largest absolute Gasteiger partial charge is 0.392 e. The van der Waals surface area contributed by atoms with Crippen LogP contribution in [0.2, 0.25) is 0 Å². The van der Waals surface area contributed by atoms with Gasteiger partial charge >= 0.3 is 0 Å². The van der Waals surface area contributed by atoms with Crippen LogP contribution in [0.5, 0.6) is 0 Å². The molecular weight excluding hydrogens is 278 g/mol. The minimum absolute atomic E-state index is 0.00633. The fourth-order valence-electron chi connectivity index (χ4n) is 2.35. The van der Waals surface area contributed by atoms with Crippen LogP contribution in [0.4, 0.5) is 0 Å². The minimum atomic E-state index is -3.58. The van der Waals surface area contributed by atoms with Crippen LogP contribution in [0.25, 0.3) is 0 Å². The molecule has 1 fully saturated rings. The van der Waals surface area contributed by atoms with Gasteiger partial charge < -0.3 is 10.0 Å². The molecular formula is C13H21N3O3S. The number of hydrogen-bond donors (Lipinski definition) is 2. The highest BCUT2D eigenvalue weighted by atomic mass is 32.2. The first-order chi connectivity index (χ1) is 9.53. The number of nitrogens with zero attached hydrogens (tertiary/aromatic N) is 2. The van der Waals surface area contributed by atoms with Crippen LogP contribution in [0, 0.1) is 0 Å². The number of likely N-dealkylation sites (tertiary alicyclic amines) is 1. The van der Waals surface area contributed by atoms with Crippen molar-refractivity contribution in [2.45, 2.75) is 36.9 Å². The number of aliphatic hydroxyl groups is 1. The zero-order valence-electron chi connectivity index (χ0n) is 11.6. The van der Waals surface area contributed by atoms with E-state index in [0.29, 0.717) is 12.1 Å². The quantitative estimate of drug-likeness (QED) is 0.819. The summed E-state index contributed by atoms with van der Waals surface area (Å²) in [6, 6.07) is 3.22. The second kappa shape index (κ2) is 6.62. The van der Waals surface area contributed by atoms with Gasteiger partial charge in [-0.2, -0.15) is 0 Å². The van der Waals surface area contributed by atoms with Crippen molar-refractivity contribution in [3.63, 3.8) is 0 Å². The van der Waals surface area contributed by atoms with Gasteiger partial charge in [0.05, 0.1) is 6.61 Å². The summed E-state index contributed by atoms with van der Waals surface area (Å²) in [7, 11) is -1.56. The van der Waals surface area contributed by atoms with Crippen molar-refractivity contribution < 1.29 is 13.5 Å². The fourth-order valence-corrected chi connectivity index (χ4v) is 3.34. The SMILES string of the molecule is CN1CCCCC1CNS(=O)(=O)c1ccc(CO)cn1. The first-order valence-electron chi connectivity index (χ1n) is 6.78. The minimum Gasteiger partial charge on any atom is -0.392 e. The Balaban J connectivity index is 1.99. The van der Waals surface area contributed by atoms with Gasteiger partial charge in [-0.25, -0.2) is 18.1 Å². The number of aliphatic hydroxyl groups excluding tert-OH is 1. The van der Waals surface area contributed by atoms with Gasteiger partial charge in [0.25, 0.3) is 10.0 Å². The summed E-state index contributed by atoms with van der Waals surface area (Å²) in [5.74, 6) is 0. The monoisotopic (exact) mass is 299 g/mol. The fraction of sp³-hybridized carbons (Fsp3) is 0.615. The molecule has 0 spiro atoms. The van der Waals surface area contributed by atoms with Gasteiger partial charge in [-0.15, -0.1) is 0 Å². The average molecular weight is 299 g/mol. The zero-order chi connectivity index (χ0) is 14.6. The lowest BCUT2D eigenvalue weighted by atomic mass is 10.0.